The molecule has 0 saturated heterocycles. The van der Waals surface area contributed by atoms with Crippen molar-refractivity contribution >= 4 is 14.2 Å². The highest BCUT2D eigenvalue weighted by Gasteiger charge is 2.17. The summed E-state index contributed by atoms with van der Waals surface area (Å²) in [7, 11) is -1.17. The van der Waals surface area contributed by atoms with Gasteiger partial charge in [0, 0.05) is 27.8 Å². The molecular weight excluding hydrogens is 198 g/mol. The summed E-state index contributed by atoms with van der Waals surface area (Å²) in [6.45, 7) is 7.76. The molecule has 0 radical (unpaired) electrons. The lowest BCUT2D eigenvalue weighted by Gasteiger charge is -2.23. The van der Waals surface area contributed by atoms with Crippen LogP contribution in [-0.4, -0.2) is 49.0 Å². The first-order valence-electron chi connectivity index (χ1n) is 4.95. The molecule has 0 unspecified atom stereocenters. The van der Waals surface area contributed by atoms with Gasteiger partial charge in [0.2, 0.25) is 0 Å². The Kier molecular flexibility index (Phi) is 5.79. The van der Waals surface area contributed by atoms with Crippen LogP contribution in [0.15, 0.2) is 0 Å². The molecule has 0 aromatic heterocycles. The highest BCUT2D eigenvalue weighted by atomic mass is 28.3. The fraction of sp³-hybridized carbons (Fsp3) is 0.889. The second-order valence-electron chi connectivity index (χ2n) is 4.66. The van der Waals surface area contributed by atoms with E-state index in [1.807, 2.05) is 0 Å². The Bertz CT molecular complexity index is 179. The summed E-state index contributed by atoms with van der Waals surface area (Å²) in [4.78, 5) is 12.2. The van der Waals surface area contributed by atoms with Crippen molar-refractivity contribution in [2.24, 2.45) is 0 Å². The molecular formula is C9H21NO3Si. The summed E-state index contributed by atoms with van der Waals surface area (Å²) in [5, 5.41) is 17.5. The summed E-state index contributed by atoms with van der Waals surface area (Å²) < 4.78 is 0. The van der Waals surface area contributed by atoms with Crippen LogP contribution in [0.2, 0.25) is 25.7 Å². The van der Waals surface area contributed by atoms with Crippen LogP contribution in [0.25, 0.3) is 0 Å². The Morgan fingerprint density at radius 2 is 1.86 bits per heavy atom. The molecule has 0 fully saturated rings. The minimum Gasteiger partial charge on any atom is -0.465 e. The predicted molar refractivity (Wildman–Crippen MR) is 59.5 cm³/mol. The number of rotatable bonds is 6. The number of carbonyl (C=O) groups is 1. The van der Waals surface area contributed by atoms with Gasteiger partial charge in [-0.1, -0.05) is 19.6 Å². The number of aliphatic hydroxyl groups is 1. The van der Waals surface area contributed by atoms with Gasteiger partial charge in [-0.05, 0) is 12.5 Å². The fourth-order valence-electron chi connectivity index (χ4n) is 1.04. The van der Waals surface area contributed by atoms with Crippen LogP contribution < -0.4 is 0 Å². The maximum Gasteiger partial charge on any atom is 0.407 e. The van der Waals surface area contributed by atoms with Crippen LogP contribution in [0.1, 0.15) is 6.42 Å². The van der Waals surface area contributed by atoms with Gasteiger partial charge in [-0.15, -0.1) is 0 Å². The number of carboxylic acid groups (broad SMARTS) is 1. The number of hydrogen-bond donors (Lipinski definition) is 2. The normalized spacial score (nSPS) is 11.4. The van der Waals surface area contributed by atoms with Crippen LogP contribution in [0.5, 0.6) is 0 Å². The van der Waals surface area contributed by atoms with Gasteiger partial charge in [0.25, 0.3) is 0 Å². The molecule has 0 bridgehead atoms. The molecule has 0 aliphatic rings. The van der Waals surface area contributed by atoms with Gasteiger partial charge in [0.15, 0.2) is 0 Å². The maximum absolute atomic E-state index is 10.8. The molecule has 0 rings (SSSR count). The average molecular weight is 219 g/mol. The van der Waals surface area contributed by atoms with E-state index in [-0.39, 0.29) is 6.61 Å². The second kappa shape index (κ2) is 6.03. The summed E-state index contributed by atoms with van der Waals surface area (Å²) >= 11 is 0. The van der Waals surface area contributed by atoms with Gasteiger partial charge in [-0.3, -0.25) is 0 Å². The van der Waals surface area contributed by atoms with E-state index in [1.165, 1.54) is 4.90 Å². The van der Waals surface area contributed by atoms with Gasteiger partial charge in [-0.2, -0.15) is 0 Å². The molecule has 0 aliphatic heterocycles. The third kappa shape index (κ3) is 6.91. The van der Waals surface area contributed by atoms with Crippen LogP contribution in [0.3, 0.4) is 0 Å². The first-order chi connectivity index (χ1) is 6.37. The van der Waals surface area contributed by atoms with Crippen LogP contribution in [-0.2, 0) is 0 Å². The van der Waals surface area contributed by atoms with E-state index in [0.29, 0.717) is 19.5 Å². The quantitative estimate of drug-likeness (QED) is 0.668. The van der Waals surface area contributed by atoms with E-state index in [2.05, 4.69) is 19.6 Å². The van der Waals surface area contributed by atoms with Crippen molar-refractivity contribution in [3.63, 3.8) is 0 Å². The van der Waals surface area contributed by atoms with E-state index in [1.54, 1.807) is 0 Å². The fourth-order valence-corrected chi connectivity index (χ4v) is 1.98. The van der Waals surface area contributed by atoms with Gasteiger partial charge < -0.3 is 15.1 Å². The zero-order chi connectivity index (χ0) is 11.2. The molecule has 84 valence electrons. The predicted octanol–water partition coefficient (Wildman–Crippen LogP) is 1.69. The smallest absolute Gasteiger partial charge is 0.407 e. The molecule has 4 nitrogen and oxygen atoms in total. The highest BCUT2D eigenvalue weighted by molar-refractivity contribution is 6.76. The van der Waals surface area contributed by atoms with Gasteiger partial charge in [0.05, 0.1) is 0 Å². The van der Waals surface area contributed by atoms with Crippen molar-refractivity contribution in [2.75, 3.05) is 19.7 Å². The maximum atomic E-state index is 10.8. The van der Waals surface area contributed by atoms with Crippen LogP contribution >= 0.6 is 0 Å². The number of hydrogen-bond acceptors (Lipinski definition) is 2. The van der Waals surface area contributed by atoms with E-state index in [9.17, 15) is 4.79 Å². The minimum atomic E-state index is -1.17. The molecule has 0 atom stereocenters. The van der Waals surface area contributed by atoms with E-state index >= 15 is 0 Å². The molecule has 0 aliphatic carbocycles. The molecule has 2 N–H and O–H groups in total. The summed E-state index contributed by atoms with van der Waals surface area (Å²) in [6, 6.07) is 0.977. The third-order valence-electron chi connectivity index (χ3n) is 1.99. The number of aliphatic hydroxyl groups excluding tert-OH is 1. The van der Waals surface area contributed by atoms with E-state index < -0.39 is 14.2 Å². The zero-order valence-electron chi connectivity index (χ0n) is 9.29. The van der Waals surface area contributed by atoms with Crippen molar-refractivity contribution in [3.8, 4) is 0 Å². The average Bonchev–Trinajstić information content (AvgIpc) is 2.01. The SMILES string of the molecule is C[Si](C)(C)CCN(CCCO)C(=O)O. The largest absolute Gasteiger partial charge is 0.465 e. The van der Waals surface area contributed by atoms with Gasteiger partial charge in [0.1, 0.15) is 0 Å². The van der Waals surface area contributed by atoms with Crippen molar-refractivity contribution in [3.05, 3.63) is 0 Å². The zero-order valence-corrected chi connectivity index (χ0v) is 10.3. The van der Waals surface area contributed by atoms with Crippen molar-refractivity contribution in [1.29, 1.82) is 0 Å². The van der Waals surface area contributed by atoms with Gasteiger partial charge >= 0.3 is 6.09 Å². The molecule has 14 heavy (non-hydrogen) atoms. The Balaban J connectivity index is 3.91. The lowest BCUT2D eigenvalue weighted by Crippen LogP contribution is -2.35. The topological polar surface area (TPSA) is 60.8 Å². The Morgan fingerprint density at radius 3 is 2.21 bits per heavy atom. The summed E-state index contributed by atoms with van der Waals surface area (Å²) in [5.41, 5.74) is 0. The molecule has 0 spiro atoms. The molecule has 0 aromatic carbocycles. The monoisotopic (exact) mass is 219 g/mol. The first-order valence-corrected chi connectivity index (χ1v) is 8.66. The molecule has 1 amide bonds. The lowest BCUT2D eigenvalue weighted by atomic mass is 10.4. The minimum absolute atomic E-state index is 0.0523. The number of amides is 1. The molecule has 0 heterocycles. The Labute approximate surface area is 86.5 Å². The van der Waals surface area contributed by atoms with E-state index in [0.717, 1.165) is 6.04 Å². The number of nitrogens with zero attached hydrogens (tertiary/aromatic N) is 1. The summed E-state index contributed by atoms with van der Waals surface area (Å²) in [5.74, 6) is 0. The highest BCUT2D eigenvalue weighted by Crippen LogP contribution is 2.09. The van der Waals surface area contributed by atoms with Crippen molar-refractivity contribution < 1.29 is 15.0 Å². The standard InChI is InChI=1S/C9H21NO3Si/c1-14(2,3)8-6-10(9(12)13)5-4-7-11/h11H,4-8H2,1-3H3,(H,12,13). The lowest BCUT2D eigenvalue weighted by molar-refractivity contribution is 0.143. The first kappa shape index (κ1) is 13.4. The molecule has 0 aromatic rings. The Hall–Kier alpha value is -0.553. The van der Waals surface area contributed by atoms with Gasteiger partial charge in [-0.25, -0.2) is 4.79 Å². The van der Waals surface area contributed by atoms with E-state index in [4.69, 9.17) is 10.2 Å². The molecule has 0 saturated carbocycles. The van der Waals surface area contributed by atoms with Crippen LogP contribution in [0, 0.1) is 0 Å². The molecule has 5 heteroatoms. The summed E-state index contributed by atoms with van der Waals surface area (Å²) in [6.07, 6.45) is -0.352. The van der Waals surface area contributed by atoms with Crippen molar-refractivity contribution in [2.45, 2.75) is 32.1 Å². The Morgan fingerprint density at radius 1 is 1.29 bits per heavy atom. The van der Waals surface area contributed by atoms with Crippen molar-refractivity contribution in [1.82, 2.24) is 4.90 Å². The third-order valence-corrected chi connectivity index (χ3v) is 3.71. The second-order valence-corrected chi connectivity index (χ2v) is 10.3. The van der Waals surface area contributed by atoms with Crippen LogP contribution in [0.4, 0.5) is 4.79 Å².